The Kier molecular flexibility index (Phi) is 2.91. The van der Waals surface area contributed by atoms with Crippen LogP contribution in [0.4, 0.5) is 0 Å². The smallest absolute Gasteiger partial charge is 0.309 e. The Bertz CT molecular complexity index is 727. The Morgan fingerprint density at radius 2 is 1.00 bits per heavy atom. The van der Waals surface area contributed by atoms with Crippen molar-refractivity contribution >= 4 is 29.7 Å². The van der Waals surface area contributed by atoms with E-state index in [0.717, 1.165) is 17.1 Å². The number of carbonyl (C=O) groups is 5. The second-order valence-corrected chi connectivity index (χ2v) is 8.39. The summed E-state index contributed by atoms with van der Waals surface area (Å²) in [5.74, 6) is -5.13. The van der Waals surface area contributed by atoms with Crippen LogP contribution < -0.4 is 0 Å². The van der Waals surface area contributed by atoms with E-state index in [1.54, 1.807) is 0 Å². The van der Waals surface area contributed by atoms with Crippen LogP contribution in [0, 0.1) is 16.2 Å². The minimum atomic E-state index is -1.59. The van der Waals surface area contributed by atoms with Gasteiger partial charge in [0, 0.05) is 12.2 Å². The molecule has 0 atom stereocenters. The van der Waals surface area contributed by atoms with Gasteiger partial charge in [0.05, 0.1) is 21.8 Å². The molecule has 4 saturated carbocycles. The SMILES string of the molecule is O=C1C=CC(=O)N1C12CC3(C(=O)O)CC(C(=O)O)(CC(C(=O)O)(C3)C1)C2. The van der Waals surface area contributed by atoms with E-state index in [1.165, 1.54) is 0 Å². The Balaban J connectivity index is 1.96. The molecule has 9 nitrogen and oxygen atoms in total. The number of nitrogens with zero attached hydrogens (tertiary/aromatic N) is 1. The van der Waals surface area contributed by atoms with Crippen LogP contribution in [-0.4, -0.2) is 55.5 Å². The van der Waals surface area contributed by atoms with Crippen molar-refractivity contribution in [3.63, 3.8) is 0 Å². The number of aliphatic carboxylic acids is 3. The molecule has 5 rings (SSSR count). The molecule has 1 heterocycles. The van der Waals surface area contributed by atoms with Gasteiger partial charge < -0.3 is 15.3 Å². The molecule has 26 heavy (non-hydrogen) atoms. The molecule has 1 aliphatic heterocycles. The summed E-state index contributed by atoms with van der Waals surface area (Å²) in [4.78, 5) is 61.8. The van der Waals surface area contributed by atoms with E-state index in [2.05, 4.69) is 0 Å². The number of carbonyl (C=O) groups excluding carboxylic acids is 2. The molecule has 0 saturated heterocycles. The first kappa shape index (κ1) is 16.7. The maximum Gasteiger partial charge on any atom is 0.309 e. The highest BCUT2D eigenvalue weighted by atomic mass is 16.4. The fourth-order valence-corrected chi connectivity index (χ4v) is 6.37. The highest BCUT2D eigenvalue weighted by Crippen LogP contribution is 2.72. The third kappa shape index (κ3) is 1.77. The summed E-state index contributed by atoms with van der Waals surface area (Å²) < 4.78 is 0. The van der Waals surface area contributed by atoms with Gasteiger partial charge >= 0.3 is 17.9 Å². The monoisotopic (exact) mass is 363 g/mol. The lowest BCUT2D eigenvalue weighted by Crippen LogP contribution is -2.73. The van der Waals surface area contributed by atoms with E-state index >= 15 is 0 Å². The Labute approximate surface area is 147 Å². The fraction of sp³-hybridized carbons (Fsp3) is 0.588. The fourth-order valence-electron chi connectivity index (χ4n) is 6.37. The average Bonchev–Trinajstić information content (AvgIpc) is 2.85. The molecule has 9 heteroatoms. The minimum absolute atomic E-state index is 0.113. The predicted octanol–water partition coefficient (Wildman–Crippen LogP) is 0.245. The zero-order valence-electron chi connectivity index (χ0n) is 13.7. The Hall–Kier alpha value is -2.71. The molecule has 0 radical (unpaired) electrons. The molecule has 4 fully saturated rings. The van der Waals surface area contributed by atoms with Gasteiger partial charge in [0.25, 0.3) is 11.8 Å². The van der Waals surface area contributed by atoms with Crippen LogP contribution in [-0.2, 0) is 24.0 Å². The number of imide groups is 1. The second kappa shape index (κ2) is 4.52. The lowest BCUT2D eigenvalue weighted by molar-refractivity contribution is -0.228. The third-order valence-corrected chi connectivity index (χ3v) is 6.68. The molecule has 0 unspecified atom stereocenters. The zero-order valence-corrected chi connectivity index (χ0v) is 13.7. The summed E-state index contributed by atoms with van der Waals surface area (Å²) in [7, 11) is 0. The van der Waals surface area contributed by atoms with E-state index in [0.29, 0.717) is 0 Å². The summed E-state index contributed by atoms with van der Waals surface area (Å²) in [6.07, 6.45) is 1.20. The standard InChI is InChI=1S/C17H17NO8/c19-9-1-2-10(20)18(9)17-6-14(11(21)22)3-15(7-17,12(23)24)5-16(4-14,8-17)13(25)26/h1-2H,3-8H2,(H,21,22)(H,23,24)(H,25,26). The number of amides is 2. The average molecular weight is 363 g/mol. The molecule has 4 aliphatic carbocycles. The topological polar surface area (TPSA) is 149 Å². The zero-order chi connectivity index (χ0) is 19.1. The number of carboxylic acid groups (broad SMARTS) is 3. The van der Waals surface area contributed by atoms with E-state index in [4.69, 9.17) is 0 Å². The van der Waals surface area contributed by atoms with Gasteiger partial charge in [-0.05, 0) is 38.5 Å². The number of carboxylic acids is 3. The Morgan fingerprint density at radius 3 is 1.27 bits per heavy atom. The van der Waals surface area contributed by atoms with Crippen LogP contribution in [0.15, 0.2) is 12.2 Å². The van der Waals surface area contributed by atoms with Crippen LogP contribution >= 0.6 is 0 Å². The summed E-state index contributed by atoms with van der Waals surface area (Å²) in [5, 5.41) is 29.6. The van der Waals surface area contributed by atoms with Crippen molar-refractivity contribution < 1.29 is 39.3 Å². The van der Waals surface area contributed by atoms with Crippen molar-refractivity contribution in [1.29, 1.82) is 0 Å². The Morgan fingerprint density at radius 1 is 0.692 bits per heavy atom. The lowest BCUT2D eigenvalue weighted by Gasteiger charge is -2.67. The van der Waals surface area contributed by atoms with Crippen LogP contribution in [0.5, 0.6) is 0 Å². The van der Waals surface area contributed by atoms with Crippen molar-refractivity contribution in [3.05, 3.63) is 12.2 Å². The molecule has 4 bridgehead atoms. The largest absolute Gasteiger partial charge is 0.481 e. The van der Waals surface area contributed by atoms with Crippen LogP contribution in [0.1, 0.15) is 38.5 Å². The molecule has 3 N–H and O–H groups in total. The molecular formula is C17H17NO8. The quantitative estimate of drug-likeness (QED) is 0.602. The van der Waals surface area contributed by atoms with Crippen molar-refractivity contribution in [2.24, 2.45) is 16.2 Å². The van der Waals surface area contributed by atoms with Crippen molar-refractivity contribution in [2.75, 3.05) is 0 Å². The molecule has 5 aliphatic rings. The predicted molar refractivity (Wildman–Crippen MR) is 81.6 cm³/mol. The molecule has 0 aromatic rings. The molecule has 0 aromatic heterocycles. The molecule has 138 valence electrons. The van der Waals surface area contributed by atoms with E-state index < -0.39 is 51.5 Å². The summed E-state index contributed by atoms with van der Waals surface area (Å²) in [5.41, 5.74) is -6.18. The van der Waals surface area contributed by atoms with Crippen LogP contribution in [0.25, 0.3) is 0 Å². The van der Waals surface area contributed by atoms with Crippen molar-refractivity contribution in [2.45, 2.75) is 44.1 Å². The molecule has 0 aromatic carbocycles. The van der Waals surface area contributed by atoms with Gasteiger partial charge in [-0.1, -0.05) is 0 Å². The van der Waals surface area contributed by atoms with Crippen LogP contribution in [0.3, 0.4) is 0 Å². The minimum Gasteiger partial charge on any atom is -0.481 e. The van der Waals surface area contributed by atoms with Gasteiger partial charge in [-0.2, -0.15) is 0 Å². The summed E-state index contributed by atoms with van der Waals surface area (Å²) in [6, 6.07) is 0. The third-order valence-electron chi connectivity index (χ3n) is 6.68. The van der Waals surface area contributed by atoms with Gasteiger partial charge in [-0.15, -0.1) is 0 Å². The first-order chi connectivity index (χ1) is 12.0. The summed E-state index contributed by atoms with van der Waals surface area (Å²) >= 11 is 0. The summed E-state index contributed by atoms with van der Waals surface area (Å²) in [6.45, 7) is 0. The van der Waals surface area contributed by atoms with Gasteiger partial charge in [0.1, 0.15) is 0 Å². The van der Waals surface area contributed by atoms with E-state index in [1.807, 2.05) is 0 Å². The first-order valence-electron chi connectivity index (χ1n) is 8.27. The number of hydrogen-bond donors (Lipinski definition) is 3. The van der Waals surface area contributed by atoms with Crippen molar-refractivity contribution in [1.82, 2.24) is 4.90 Å². The normalized spacial score (nSPS) is 43.2. The number of hydrogen-bond acceptors (Lipinski definition) is 5. The number of rotatable bonds is 4. The maximum absolute atomic E-state index is 12.3. The van der Waals surface area contributed by atoms with Crippen molar-refractivity contribution in [3.8, 4) is 0 Å². The van der Waals surface area contributed by atoms with E-state index in [9.17, 15) is 39.3 Å². The first-order valence-corrected chi connectivity index (χ1v) is 8.27. The van der Waals surface area contributed by atoms with Crippen LogP contribution in [0.2, 0.25) is 0 Å². The highest BCUT2D eigenvalue weighted by molar-refractivity contribution is 6.13. The van der Waals surface area contributed by atoms with Gasteiger partial charge in [-0.25, -0.2) is 0 Å². The van der Waals surface area contributed by atoms with E-state index in [-0.39, 0.29) is 38.5 Å². The lowest BCUT2D eigenvalue weighted by atomic mass is 9.37. The van der Waals surface area contributed by atoms with Gasteiger partial charge in [0.2, 0.25) is 0 Å². The molecule has 2 amide bonds. The molecule has 0 spiro atoms. The van der Waals surface area contributed by atoms with Gasteiger partial charge in [-0.3, -0.25) is 28.9 Å². The second-order valence-electron chi connectivity index (χ2n) is 8.39. The maximum atomic E-state index is 12.3. The van der Waals surface area contributed by atoms with Gasteiger partial charge in [0.15, 0.2) is 0 Å². The highest BCUT2D eigenvalue weighted by Gasteiger charge is 2.76. The molecular weight excluding hydrogens is 346 g/mol.